The summed E-state index contributed by atoms with van der Waals surface area (Å²) in [5, 5.41) is 0. The fraction of sp³-hybridized carbons (Fsp3) is 0.522. The molecule has 1 saturated heterocycles. The maximum Gasteiger partial charge on any atom is 0.261 e. The van der Waals surface area contributed by atoms with Gasteiger partial charge in [0.15, 0.2) is 12.4 Å². The van der Waals surface area contributed by atoms with Crippen LogP contribution in [0.3, 0.4) is 0 Å². The van der Waals surface area contributed by atoms with E-state index in [4.69, 9.17) is 9.72 Å². The molecule has 6 heteroatoms. The van der Waals surface area contributed by atoms with Crippen LogP contribution >= 0.6 is 0 Å². The molecule has 0 bridgehead atoms. The Morgan fingerprint density at radius 2 is 2.10 bits per heavy atom. The zero-order chi connectivity index (χ0) is 20.4. The number of hydrogen-bond acceptors (Lipinski definition) is 5. The molecule has 1 amide bonds. The Morgan fingerprint density at radius 1 is 1.28 bits per heavy atom. The minimum absolute atomic E-state index is 0.00659. The van der Waals surface area contributed by atoms with Crippen molar-refractivity contribution in [3.8, 4) is 5.75 Å². The zero-order valence-corrected chi connectivity index (χ0v) is 17.6. The van der Waals surface area contributed by atoms with Gasteiger partial charge in [-0.25, -0.2) is 9.97 Å². The number of nitrogens with zero attached hydrogens (tertiary/aromatic N) is 4. The van der Waals surface area contributed by atoms with E-state index < -0.39 is 0 Å². The molecule has 1 aromatic heterocycles. The number of likely N-dealkylation sites (N-methyl/N-ethyl adjacent to an activating group) is 1. The monoisotopic (exact) mass is 394 g/mol. The van der Waals surface area contributed by atoms with E-state index in [2.05, 4.69) is 36.8 Å². The number of likely N-dealkylation sites (tertiary alicyclic amines) is 1. The summed E-state index contributed by atoms with van der Waals surface area (Å²) in [5.41, 5.74) is 3.46. The minimum atomic E-state index is -0.0450. The first-order valence-corrected chi connectivity index (χ1v) is 10.6. The average Bonchev–Trinajstić information content (AvgIpc) is 3.21. The third-order valence-electron chi connectivity index (χ3n) is 5.91. The van der Waals surface area contributed by atoms with E-state index >= 15 is 0 Å². The van der Waals surface area contributed by atoms with Crippen LogP contribution in [0.5, 0.6) is 5.75 Å². The van der Waals surface area contributed by atoms with Gasteiger partial charge in [0.2, 0.25) is 0 Å². The van der Waals surface area contributed by atoms with Crippen LogP contribution in [-0.2, 0) is 17.8 Å². The van der Waals surface area contributed by atoms with Crippen molar-refractivity contribution in [1.29, 1.82) is 0 Å². The molecule has 0 saturated carbocycles. The van der Waals surface area contributed by atoms with Crippen molar-refractivity contribution in [1.82, 2.24) is 19.8 Å². The summed E-state index contributed by atoms with van der Waals surface area (Å²) in [5.74, 6) is 1.93. The number of fused-ring (bicyclic) bond motifs is 1. The quantitative estimate of drug-likeness (QED) is 0.779. The first-order chi connectivity index (χ1) is 14.0. The second-order valence-corrected chi connectivity index (χ2v) is 8.41. The van der Waals surface area contributed by atoms with Gasteiger partial charge in [0.25, 0.3) is 5.91 Å². The Morgan fingerprint density at radius 3 is 2.93 bits per heavy atom. The predicted molar refractivity (Wildman–Crippen MR) is 112 cm³/mol. The Bertz CT molecular complexity index is 883. The molecule has 6 nitrogen and oxygen atoms in total. The first-order valence-electron chi connectivity index (χ1n) is 10.6. The maximum absolute atomic E-state index is 13.0. The van der Waals surface area contributed by atoms with Crippen molar-refractivity contribution >= 4 is 5.91 Å². The highest BCUT2D eigenvalue weighted by Gasteiger charge is 2.33. The summed E-state index contributed by atoms with van der Waals surface area (Å²) in [6, 6.07) is 7.90. The lowest BCUT2D eigenvalue weighted by Crippen LogP contribution is -2.35. The van der Waals surface area contributed by atoms with Crippen LogP contribution in [0.15, 0.2) is 30.5 Å². The smallest absolute Gasteiger partial charge is 0.261 e. The van der Waals surface area contributed by atoms with Gasteiger partial charge in [-0.3, -0.25) is 4.79 Å². The number of amides is 1. The van der Waals surface area contributed by atoms with Crippen LogP contribution in [0, 0.1) is 0 Å². The molecular formula is C23H30N4O2. The molecule has 0 aliphatic carbocycles. The number of ether oxygens (including phenoxy) is 1. The standard InChI is InChI=1S/C23H30N4O2/c1-16(2)18-7-4-5-9-21(18)29-15-22(28)27-11-6-8-20(27)23-24-13-17-14-26(3)12-10-19(17)25-23/h4-5,7,9,13,16,20H,6,8,10-12,14-15H2,1-3H3. The average molecular weight is 395 g/mol. The van der Waals surface area contributed by atoms with Crippen molar-refractivity contribution in [2.45, 2.75) is 51.6 Å². The lowest BCUT2D eigenvalue weighted by Gasteiger charge is -2.27. The van der Waals surface area contributed by atoms with E-state index in [1.165, 1.54) is 5.56 Å². The van der Waals surface area contributed by atoms with Crippen LogP contribution in [0.4, 0.5) is 0 Å². The van der Waals surface area contributed by atoms with Crippen LogP contribution in [0.1, 0.15) is 61.3 Å². The van der Waals surface area contributed by atoms with Gasteiger partial charge in [-0.15, -0.1) is 0 Å². The summed E-state index contributed by atoms with van der Waals surface area (Å²) in [6.45, 7) is 6.96. The lowest BCUT2D eigenvalue weighted by molar-refractivity contribution is -0.134. The van der Waals surface area contributed by atoms with Crippen molar-refractivity contribution < 1.29 is 9.53 Å². The molecule has 2 aliphatic heterocycles. The molecule has 1 fully saturated rings. The highest BCUT2D eigenvalue weighted by atomic mass is 16.5. The van der Waals surface area contributed by atoms with E-state index in [1.807, 2.05) is 29.3 Å². The minimum Gasteiger partial charge on any atom is -0.483 e. The Kier molecular flexibility index (Phi) is 5.81. The van der Waals surface area contributed by atoms with Gasteiger partial charge in [0.1, 0.15) is 5.75 Å². The number of carbonyl (C=O) groups is 1. The Hall–Kier alpha value is -2.47. The number of aromatic nitrogens is 2. The van der Waals surface area contributed by atoms with E-state index in [0.29, 0.717) is 5.92 Å². The van der Waals surface area contributed by atoms with Crippen LogP contribution < -0.4 is 4.74 Å². The topological polar surface area (TPSA) is 58.6 Å². The van der Waals surface area contributed by atoms with Crippen LogP contribution in [0.25, 0.3) is 0 Å². The van der Waals surface area contributed by atoms with Gasteiger partial charge >= 0.3 is 0 Å². The SMILES string of the molecule is CC(C)c1ccccc1OCC(=O)N1CCCC1c1ncc2c(n1)CCN(C)C2. The van der Waals surface area contributed by atoms with Gasteiger partial charge in [-0.2, -0.15) is 0 Å². The molecule has 0 radical (unpaired) electrons. The molecule has 154 valence electrons. The van der Waals surface area contributed by atoms with Crippen LogP contribution in [-0.4, -0.2) is 52.4 Å². The third-order valence-corrected chi connectivity index (χ3v) is 5.91. The molecule has 29 heavy (non-hydrogen) atoms. The molecule has 2 aliphatic rings. The maximum atomic E-state index is 13.0. The number of benzene rings is 1. The van der Waals surface area contributed by atoms with E-state index in [-0.39, 0.29) is 18.6 Å². The largest absolute Gasteiger partial charge is 0.483 e. The summed E-state index contributed by atoms with van der Waals surface area (Å²) in [7, 11) is 2.12. The second-order valence-electron chi connectivity index (χ2n) is 8.41. The van der Waals surface area contributed by atoms with Crippen molar-refractivity contribution in [2.24, 2.45) is 0 Å². The van der Waals surface area contributed by atoms with Crippen molar-refractivity contribution in [3.63, 3.8) is 0 Å². The van der Waals surface area contributed by atoms with Gasteiger partial charge in [-0.1, -0.05) is 32.0 Å². The lowest BCUT2D eigenvalue weighted by atomic mass is 10.0. The number of carbonyl (C=O) groups excluding carboxylic acids is 1. The van der Waals surface area contributed by atoms with Crippen molar-refractivity contribution in [2.75, 3.05) is 26.7 Å². The molecule has 1 unspecified atom stereocenters. The Balaban J connectivity index is 1.45. The third kappa shape index (κ3) is 4.27. The van der Waals surface area contributed by atoms with E-state index in [9.17, 15) is 4.79 Å². The summed E-state index contributed by atoms with van der Waals surface area (Å²) in [6.07, 6.45) is 4.77. The van der Waals surface area contributed by atoms with Crippen LogP contribution in [0.2, 0.25) is 0 Å². The van der Waals surface area contributed by atoms with Gasteiger partial charge < -0.3 is 14.5 Å². The summed E-state index contributed by atoms with van der Waals surface area (Å²) in [4.78, 5) is 26.6. The summed E-state index contributed by atoms with van der Waals surface area (Å²) < 4.78 is 5.92. The molecule has 1 atom stereocenters. The Labute approximate surface area is 172 Å². The fourth-order valence-electron chi connectivity index (χ4n) is 4.28. The fourth-order valence-corrected chi connectivity index (χ4v) is 4.28. The van der Waals surface area contributed by atoms with Gasteiger partial charge in [0, 0.05) is 43.5 Å². The molecule has 0 spiro atoms. The first kappa shape index (κ1) is 19.8. The number of para-hydroxylation sites is 1. The highest BCUT2D eigenvalue weighted by Crippen LogP contribution is 2.31. The van der Waals surface area contributed by atoms with E-state index in [0.717, 1.165) is 61.7 Å². The zero-order valence-electron chi connectivity index (χ0n) is 17.6. The predicted octanol–water partition coefficient (Wildman–Crippen LogP) is 3.33. The normalized spacial score (nSPS) is 19.4. The molecule has 0 N–H and O–H groups in total. The number of hydrogen-bond donors (Lipinski definition) is 0. The summed E-state index contributed by atoms with van der Waals surface area (Å²) >= 11 is 0. The van der Waals surface area contributed by atoms with Crippen molar-refractivity contribution in [3.05, 3.63) is 53.1 Å². The molecule has 1 aromatic carbocycles. The highest BCUT2D eigenvalue weighted by molar-refractivity contribution is 5.78. The molecule has 4 rings (SSSR count). The molecule has 3 heterocycles. The second kappa shape index (κ2) is 8.49. The van der Waals surface area contributed by atoms with Gasteiger partial charge in [-0.05, 0) is 37.4 Å². The molecular weight excluding hydrogens is 364 g/mol. The van der Waals surface area contributed by atoms with E-state index in [1.54, 1.807) is 0 Å². The van der Waals surface area contributed by atoms with Gasteiger partial charge in [0.05, 0.1) is 6.04 Å². The molecule has 2 aromatic rings. The number of rotatable bonds is 5.